The quantitative estimate of drug-likeness (QED) is 0.251. The molecule has 0 atom stereocenters. The molecule has 0 aromatic carbocycles. The first-order valence-electron chi connectivity index (χ1n) is 1.28. The maximum Gasteiger partial charge on any atom is 2.00 e. The van der Waals surface area contributed by atoms with Crippen molar-refractivity contribution in [3.63, 3.8) is 0 Å². The molecule has 1 radical (unpaired) electrons. The zero-order valence-corrected chi connectivity index (χ0v) is 9.82. The van der Waals surface area contributed by atoms with E-state index < -0.39 is 16.6 Å². The fraction of sp³-hybridized carbons (Fsp3) is 0. The first kappa shape index (κ1) is 22.5. The standard InChI is InChI=1S/CH2O3.Mn.H2O4S.Zn/c2-1(3)4;;1-5(2,3)4;/h(H2,2,3,4);;(H2,1,2,3,4);/q;+2;;+2/p-4. The zero-order chi connectivity index (χ0) is 8.08. The molecule has 0 aliphatic carbocycles. The second-order valence-electron chi connectivity index (χ2n) is 0.658. The summed E-state index contributed by atoms with van der Waals surface area (Å²) in [4.78, 5) is 8.33. The smallest absolute Gasteiger partial charge is 0.759 e. The van der Waals surface area contributed by atoms with Gasteiger partial charge in [-0.2, -0.15) is 0 Å². The van der Waals surface area contributed by atoms with Crippen molar-refractivity contribution in [1.82, 2.24) is 0 Å². The van der Waals surface area contributed by atoms with Crippen LogP contribution in [-0.4, -0.2) is 23.7 Å². The summed E-state index contributed by atoms with van der Waals surface area (Å²) in [5.41, 5.74) is 0. The minimum Gasteiger partial charge on any atom is -0.759 e. The molecule has 0 aliphatic rings. The molecule has 0 rings (SSSR count). The molecule has 0 saturated heterocycles. The van der Waals surface area contributed by atoms with Crippen LogP contribution in [0.25, 0.3) is 0 Å². The van der Waals surface area contributed by atoms with Crippen LogP contribution in [-0.2, 0) is 46.9 Å². The van der Waals surface area contributed by atoms with Crippen molar-refractivity contribution in [2.24, 2.45) is 0 Å². The van der Waals surface area contributed by atoms with Gasteiger partial charge in [-0.1, -0.05) is 0 Å². The fourth-order valence-electron chi connectivity index (χ4n) is 0. The summed E-state index contributed by atoms with van der Waals surface area (Å²) in [6.07, 6.45) is -2.33. The molecular formula is CMnO7SZn. The van der Waals surface area contributed by atoms with E-state index in [0.29, 0.717) is 0 Å². The number of rotatable bonds is 0. The first-order valence-corrected chi connectivity index (χ1v) is 2.61. The molecule has 61 valence electrons. The summed E-state index contributed by atoms with van der Waals surface area (Å²) in [5.74, 6) is 0. The van der Waals surface area contributed by atoms with Crippen molar-refractivity contribution >= 4 is 16.6 Å². The van der Waals surface area contributed by atoms with E-state index in [1.165, 1.54) is 0 Å². The largest absolute Gasteiger partial charge is 2.00 e. The summed E-state index contributed by atoms with van der Waals surface area (Å²) in [5, 5.41) is 16.7. The van der Waals surface area contributed by atoms with Crippen molar-refractivity contribution in [3.8, 4) is 0 Å². The summed E-state index contributed by atoms with van der Waals surface area (Å²) >= 11 is 0. The molecule has 0 amide bonds. The number of carbonyl (C=O) groups is 1. The fourth-order valence-corrected chi connectivity index (χ4v) is 0. The minimum atomic E-state index is -5.17. The van der Waals surface area contributed by atoms with E-state index >= 15 is 0 Å². The Morgan fingerprint density at radius 2 is 1.09 bits per heavy atom. The van der Waals surface area contributed by atoms with Gasteiger partial charge in [-0.15, -0.1) is 0 Å². The third-order valence-corrected chi connectivity index (χ3v) is 0. The predicted octanol–water partition coefficient (Wildman–Crippen LogP) is -3.79. The second-order valence-corrected chi connectivity index (χ2v) is 1.47. The molecule has 7 nitrogen and oxygen atoms in total. The minimum absolute atomic E-state index is 0. The van der Waals surface area contributed by atoms with E-state index in [-0.39, 0.29) is 36.5 Å². The Bertz CT molecular complexity index is 161. The first-order chi connectivity index (χ1) is 3.73. The van der Waals surface area contributed by atoms with Crippen LogP contribution in [0, 0.1) is 0 Å². The van der Waals surface area contributed by atoms with Gasteiger partial charge in [-0.25, -0.2) is 0 Å². The Labute approximate surface area is 85.6 Å². The van der Waals surface area contributed by atoms with Gasteiger partial charge in [0.15, 0.2) is 0 Å². The second kappa shape index (κ2) is 10.3. The SMILES string of the molecule is O=C([O-])[O-].O=S(=O)([O-])[O-].[Mn+2].[Zn+2]. The van der Waals surface area contributed by atoms with Gasteiger partial charge in [-0.3, -0.25) is 8.42 Å². The molecule has 0 unspecified atom stereocenters. The Balaban J connectivity index is -0.0000000383. The Kier molecular flexibility index (Phi) is 21.0. The molecule has 0 N–H and O–H groups in total. The molecule has 11 heavy (non-hydrogen) atoms. The molecule has 0 fully saturated rings. The molecular weight excluding hydrogens is 276 g/mol. The normalized spacial score (nSPS) is 7.45. The molecule has 10 heteroatoms. The van der Waals surface area contributed by atoms with Crippen molar-refractivity contribution in [2.75, 3.05) is 0 Å². The Morgan fingerprint density at radius 1 is 1.09 bits per heavy atom. The van der Waals surface area contributed by atoms with Gasteiger partial charge < -0.3 is 24.1 Å². The predicted molar refractivity (Wildman–Crippen MR) is 15.9 cm³/mol. The van der Waals surface area contributed by atoms with Crippen LogP contribution in [0.1, 0.15) is 0 Å². The third kappa shape index (κ3) is 8820. The monoisotopic (exact) mass is 275 g/mol. The topological polar surface area (TPSA) is 143 Å². The molecule has 0 aromatic heterocycles. The van der Waals surface area contributed by atoms with Crippen molar-refractivity contribution < 1.29 is 69.1 Å². The molecule has 0 heterocycles. The van der Waals surface area contributed by atoms with Crippen LogP contribution in [0.2, 0.25) is 0 Å². The van der Waals surface area contributed by atoms with Crippen LogP contribution in [0.5, 0.6) is 0 Å². The van der Waals surface area contributed by atoms with Gasteiger partial charge in [0, 0.05) is 10.4 Å². The van der Waals surface area contributed by atoms with Crippen molar-refractivity contribution in [3.05, 3.63) is 0 Å². The van der Waals surface area contributed by atoms with E-state index in [1.807, 2.05) is 0 Å². The molecule has 0 saturated carbocycles. The Morgan fingerprint density at radius 3 is 1.09 bits per heavy atom. The van der Waals surface area contributed by atoms with Gasteiger partial charge >= 0.3 is 36.5 Å². The summed E-state index contributed by atoms with van der Waals surface area (Å²) < 4.78 is 34.1. The average Bonchev–Trinajstić information content (AvgIpc) is 1.19. The summed E-state index contributed by atoms with van der Waals surface area (Å²) in [6.45, 7) is 0. The van der Waals surface area contributed by atoms with Crippen LogP contribution in [0.4, 0.5) is 4.79 Å². The zero-order valence-electron chi connectivity index (χ0n) is 4.85. The van der Waals surface area contributed by atoms with Crippen molar-refractivity contribution in [1.29, 1.82) is 0 Å². The van der Waals surface area contributed by atoms with Crippen molar-refractivity contribution in [2.45, 2.75) is 0 Å². The van der Waals surface area contributed by atoms with E-state index in [1.54, 1.807) is 0 Å². The molecule has 0 aromatic rings. The summed E-state index contributed by atoms with van der Waals surface area (Å²) in [6, 6.07) is 0. The van der Waals surface area contributed by atoms with Gasteiger partial charge in [0.05, 0.1) is 0 Å². The Hall–Kier alpha value is 0.283. The number of carbonyl (C=O) groups excluding carboxylic acids is 1. The molecule has 0 bridgehead atoms. The number of hydrogen-bond donors (Lipinski definition) is 0. The van der Waals surface area contributed by atoms with Gasteiger partial charge in [-0.05, 0) is 6.16 Å². The van der Waals surface area contributed by atoms with Gasteiger partial charge in [0.25, 0.3) is 0 Å². The van der Waals surface area contributed by atoms with E-state index in [2.05, 4.69) is 0 Å². The molecule has 0 spiro atoms. The molecule has 0 aliphatic heterocycles. The van der Waals surface area contributed by atoms with Gasteiger partial charge in [0.1, 0.15) is 0 Å². The average molecular weight is 276 g/mol. The number of hydrogen-bond acceptors (Lipinski definition) is 7. The van der Waals surface area contributed by atoms with Gasteiger partial charge in [0.2, 0.25) is 0 Å². The van der Waals surface area contributed by atoms with Crippen LogP contribution >= 0.6 is 0 Å². The maximum atomic E-state index is 8.52. The maximum absolute atomic E-state index is 8.52. The van der Waals surface area contributed by atoms with Crippen LogP contribution < -0.4 is 10.2 Å². The van der Waals surface area contributed by atoms with Crippen LogP contribution in [0.15, 0.2) is 0 Å². The number of carboxylic acid groups (broad SMARTS) is 2. The third-order valence-electron chi connectivity index (χ3n) is 0. The van der Waals surface area contributed by atoms with E-state index in [0.717, 1.165) is 0 Å². The summed E-state index contributed by atoms with van der Waals surface area (Å²) in [7, 11) is -5.17. The van der Waals surface area contributed by atoms with E-state index in [9.17, 15) is 0 Å². The van der Waals surface area contributed by atoms with Crippen LogP contribution in [0.3, 0.4) is 0 Å². The van der Waals surface area contributed by atoms with E-state index in [4.69, 9.17) is 32.5 Å².